The van der Waals surface area contributed by atoms with E-state index in [1.807, 2.05) is 17.0 Å². The van der Waals surface area contributed by atoms with Crippen molar-refractivity contribution in [3.63, 3.8) is 0 Å². The molecule has 1 aliphatic carbocycles. The fraction of sp³-hybridized carbons (Fsp3) is 0.467. The van der Waals surface area contributed by atoms with E-state index in [1.54, 1.807) is 0 Å². The summed E-state index contributed by atoms with van der Waals surface area (Å²) < 4.78 is 0. The predicted octanol–water partition coefficient (Wildman–Crippen LogP) is 2.27. The topological polar surface area (TPSA) is 44.1 Å². The Bertz CT molecular complexity index is 526. The average Bonchev–Trinajstić information content (AvgIpc) is 2.37. The Hall–Kier alpha value is -1.82. The third-order valence-electron chi connectivity index (χ3n) is 4.25. The molecule has 0 spiro atoms. The number of carbonyl (C=O) groups excluding carboxylic acids is 1. The molecule has 3 nitrogen and oxygen atoms in total. The van der Waals surface area contributed by atoms with Gasteiger partial charge in [-0.1, -0.05) is 24.3 Å². The summed E-state index contributed by atoms with van der Waals surface area (Å²) in [6.45, 7) is 1.41. The highest BCUT2D eigenvalue weighted by Gasteiger charge is 2.47. The van der Waals surface area contributed by atoms with E-state index in [0.29, 0.717) is 6.54 Å². The van der Waals surface area contributed by atoms with Gasteiger partial charge in [0.1, 0.15) is 5.41 Å². The number of nitriles is 1. The van der Waals surface area contributed by atoms with E-state index in [1.165, 1.54) is 11.1 Å². The molecular formula is C15H16N2O. The number of rotatable bonds is 1. The molecule has 0 radical (unpaired) electrons. The second-order valence-corrected chi connectivity index (χ2v) is 5.29. The van der Waals surface area contributed by atoms with E-state index >= 15 is 0 Å². The molecule has 3 heteroatoms. The summed E-state index contributed by atoms with van der Waals surface area (Å²) in [4.78, 5) is 14.3. The van der Waals surface area contributed by atoms with Gasteiger partial charge in [-0.15, -0.1) is 0 Å². The molecular weight excluding hydrogens is 224 g/mol. The molecule has 0 unspecified atom stereocenters. The smallest absolute Gasteiger partial charge is 0.243 e. The molecule has 1 amide bonds. The average molecular weight is 240 g/mol. The fourth-order valence-electron chi connectivity index (χ4n) is 2.88. The van der Waals surface area contributed by atoms with Crippen molar-refractivity contribution in [3.8, 4) is 6.07 Å². The predicted molar refractivity (Wildman–Crippen MR) is 67.5 cm³/mol. The number of nitrogens with zero attached hydrogens (tertiary/aromatic N) is 2. The van der Waals surface area contributed by atoms with Gasteiger partial charge in [-0.25, -0.2) is 0 Å². The van der Waals surface area contributed by atoms with Gasteiger partial charge >= 0.3 is 0 Å². The van der Waals surface area contributed by atoms with Crippen LogP contribution in [0.25, 0.3) is 0 Å². The molecule has 0 saturated heterocycles. The maximum atomic E-state index is 12.4. The lowest BCUT2D eigenvalue weighted by Gasteiger charge is -2.39. The fourth-order valence-corrected chi connectivity index (χ4v) is 2.88. The first-order chi connectivity index (χ1) is 8.75. The van der Waals surface area contributed by atoms with Crippen molar-refractivity contribution in [2.24, 2.45) is 5.41 Å². The molecule has 1 saturated carbocycles. The Morgan fingerprint density at radius 2 is 2.00 bits per heavy atom. The largest absolute Gasteiger partial charge is 0.337 e. The normalized spacial score (nSPS) is 20.5. The molecule has 3 rings (SSSR count). The first-order valence-corrected chi connectivity index (χ1v) is 6.53. The second kappa shape index (κ2) is 4.13. The minimum absolute atomic E-state index is 0.0470. The Balaban J connectivity index is 1.80. The van der Waals surface area contributed by atoms with Gasteiger partial charge in [-0.05, 0) is 36.8 Å². The summed E-state index contributed by atoms with van der Waals surface area (Å²) in [5, 5.41) is 9.24. The number of hydrogen-bond acceptors (Lipinski definition) is 2. The van der Waals surface area contributed by atoms with E-state index in [2.05, 4.69) is 18.2 Å². The number of benzene rings is 1. The summed E-state index contributed by atoms with van der Waals surface area (Å²) in [5.74, 6) is 0.0470. The lowest BCUT2D eigenvalue weighted by Crippen LogP contribution is -2.48. The van der Waals surface area contributed by atoms with Crippen LogP contribution in [-0.2, 0) is 17.8 Å². The first-order valence-electron chi connectivity index (χ1n) is 6.53. The Kier molecular flexibility index (Phi) is 2.59. The third-order valence-corrected chi connectivity index (χ3v) is 4.25. The molecule has 0 atom stereocenters. The monoisotopic (exact) mass is 240 g/mol. The van der Waals surface area contributed by atoms with E-state index in [0.717, 1.165) is 32.2 Å². The summed E-state index contributed by atoms with van der Waals surface area (Å²) in [6.07, 6.45) is 3.38. The minimum atomic E-state index is -0.702. The molecule has 1 aromatic carbocycles. The molecule has 1 fully saturated rings. The number of hydrogen-bond donors (Lipinski definition) is 0. The Morgan fingerprint density at radius 3 is 2.61 bits per heavy atom. The van der Waals surface area contributed by atoms with E-state index < -0.39 is 5.41 Å². The number of carbonyl (C=O) groups is 1. The molecule has 0 bridgehead atoms. The maximum absolute atomic E-state index is 12.4. The van der Waals surface area contributed by atoms with Gasteiger partial charge in [0, 0.05) is 13.1 Å². The van der Waals surface area contributed by atoms with Gasteiger partial charge in [-0.2, -0.15) is 5.26 Å². The van der Waals surface area contributed by atoms with Crippen molar-refractivity contribution in [1.82, 2.24) is 4.90 Å². The standard InChI is InChI=1S/C15H16N2O/c16-11-15(7-3-8-15)14(18)17-9-6-12-4-1-2-5-13(12)10-17/h1-2,4-5H,3,6-10H2. The molecule has 1 heterocycles. The molecule has 0 aromatic heterocycles. The molecule has 1 aliphatic heterocycles. The first kappa shape index (κ1) is 11.3. The summed E-state index contributed by atoms with van der Waals surface area (Å²) in [5.41, 5.74) is 1.86. The SMILES string of the molecule is N#CC1(C(=O)N2CCc3ccccc3C2)CCC1. The summed E-state index contributed by atoms with van der Waals surface area (Å²) in [7, 11) is 0. The summed E-state index contributed by atoms with van der Waals surface area (Å²) in [6, 6.07) is 10.5. The van der Waals surface area contributed by atoms with Crippen LogP contribution in [0.15, 0.2) is 24.3 Å². The van der Waals surface area contributed by atoms with Crippen LogP contribution in [0.5, 0.6) is 0 Å². The molecule has 0 N–H and O–H groups in total. The van der Waals surface area contributed by atoms with E-state index in [4.69, 9.17) is 0 Å². The van der Waals surface area contributed by atoms with Gasteiger partial charge < -0.3 is 4.90 Å². The third kappa shape index (κ3) is 1.60. The zero-order chi connectivity index (χ0) is 12.6. The van der Waals surface area contributed by atoms with Crippen LogP contribution in [0.2, 0.25) is 0 Å². The maximum Gasteiger partial charge on any atom is 0.243 e. The van der Waals surface area contributed by atoms with Crippen LogP contribution in [0.1, 0.15) is 30.4 Å². The lowest BCUT2D eigenvalue weighted by molar-refractivity contribution is -0.144. The van der Waals surface area contributed by atoms with Crippen molar-refractivity contribution < 1.29 is 4.79 Å². The zero-order valence-electron chi connectivity index (χ0n) is 10.4. The Labute approximate surface area is 107 Å². The lowest BCUT2D eigenvalue weighted by atomic mass is 9.69. The van der Waals surface area contributed by atoms with Crippen molar-refractivity contribution >= 4 is 5.91 Å². The van der Waals surface area contributed by atoms with Gasteiger partial charge in [0.05, 0.1) is 6.07 Å². The van der Waals surface area contributed by atoms with Crippen molar-refractivity contribution in [2.45, 2.75) is 32.2 Å². The van der Waals surface area contributed by atoms with Crippen LogP contribution in [0.4, 0.5) is 0 Å². The van der Waals surface area contributed by atoms with Crippen LogP contribution in [0.3, 0.4) is 0 Å². The van der Waals surface area contributed by atoms with Crippen molar-refractivity contribution in [3.05, 3.63) is 35.4 Å². The highest BCUT2D eigenvalue weighted by molar-refractivity contribution is 5.86. The molecule has 92 valence electrons. The van der Waals surface area contributed by atoms with Crippen LogP contribution < -0.4 is 0 Å². The van der Waals surface area contributed by atoms with Crippen LogP contribution in [0, 0.1) is 16.7 Å². The quantitative estimate of drug-likeness (QED) is 0.755. The highest BCUT2D eigenvalue weighted by Crippen LogP contribution is 2.42. The van der Waals surface area contributed by atoms with E-state index in [9.17, 15) is 10.1 Å². The van der Waals surface area contributed by atoms with Gasteiger partial charge in [0.15, 0.2) is 0 Å². The summed E-state index contributed by atoms with van der Waals surface area (Å²) >= 11 is 0. The number of fused-ring (bicyclic) bond motifs is 1. The highest BCUT2D eigenvalue weighted by atomic mass is 16.2. The van der Waals surface area contributed by atoms with Gasteiger partial charge in [0.2, 0.25) is 5.91 Å². The van der Waals surface area contributed by atoms with Crippen LogP contribution >= 0.6 is 0 Å². The molecule has 2 aliphatic rings. The zero-order valence-corrected chi connectivity index (χ0v) is 10.4. The number of amides is 1. The van der Waals surface area contributed by atoms with Crippen molar-refractivity contribution in [1.29, 1.82) is 5.26 Å². The minimum Gasteiger partial charge on any atom is -0.337 e. The molecule has 18 heavy (non-hydrogen) atoms. The van der Waals surface area contributed by atoms with Gasteiger partial charge in [0.25, 0.3) is 0 Å². The Morgan fingerprint density at radius 1 is 1.28 bits per heavy atom. The van der Waals surface area contributed by atoms with E-state index in [-0.39, 0.29) is 5.91 Å². The molecule has 1 aromatic rings. The second-order valence-electron chi connectivity index (χ2n) is 5.29. The van der Waals surface area contributed by atoms with Gasteiger partial charge in [-0.3, -0.25) is 4.79 Å². The van der Waals surface area contributed by atoms with Crippen molar-refractivity contribution in [2.75, 3.05) is 6.54 Å². The van der Waals surface area contributed by atoms with Crippen LogP contribution in [-0.4, -0.2) is 17.4 Å².